The van der Waals surface area contributed by atoms with Crippen LogP contribution in [0.1, 0.15) is 32.6 Å². The van der Waals surface area contributed by atoms with E-state index in [1.54, 1.807) is 36.8 Å². The Balaban J connectivity index is 1.51. The number of hydrogen-bond acceptors (Lipinski definition) is 5. The maximum absolute atomic E-state index is 12.4. The third-order valence-electron chi connectivity index (χ3n) is 5.01. The van der Waals surface area contributed by atoms with Crippen LogP contribution in [0.4, 0.5) is 5.69 Å². The van der Waals surface area contributed by atoms with Crippen molar-refractivity contribution in [2.45, 2.75) is 45.2 Å². The molecular weight excluding hydrogens is 392 g/mol. The van der Waals surface area contributed by atoms with Crippen molar-refractivity contribution in [1.82, 2.24) is 14.3 Å². The molecule has 0 radical (unpaired) electrons. The Morgan fingerprint density at radius 3 is 2.72 bits per heavy atom. The Labute approximate surface area is 171 Å². The third-order valence-corrected chi connectivity index (χ3v) is 6.35. The van der Waals surface area contributed by atoms with Crippen LogP contribution in [-0.4, -0.2) is 42.3 Å². The molecular formula is C20H28N4O4S. The van der Waals surface area contributed by atoms with Crippen molar-refractivity contribution in [2.24, 2.45) is 5.92 Å². The van der Waals surface area contributed by atoms with Crippen molar-refractivity contribution in [3.63, 3.8) is 0 Å². The number of benzene rings is 1. The molecule has 0 aliphatic heterocycles. The smallest absolute Gasteiger partial charge is 0.241 e. The molecule has 3 rings (SSSR count). The summed E-state index contributed by atoms with van der Waals surface area (Å²) in [7, 11) is -3.69. The summed E-state index contributed by atoms with van der Waals surface area (Å²) in [6, 6.07) is 6.90. The maximum Gasteiger partial charge on any atom is 0.241 e. The number of amides is 1. The quantitative estimate of drug-likeness (QED) is 0.649. The van der Waals surface area contributed by atoms with E-state index < -0.39 is 21.7 Å². The molecule has 0 bridgehead atoms. The Bertz CT molecular complexity index is 891. The molecule has 158 valence electrons. The minimum absolute atomic E-state index is 0.0807. The fraction of sp³-hybridized carbons (Fsp3) is 0.500. The number of sulfonamides is 1. The standard InChI is InChI=1S/C20H28N4O4S/c1-16-6-8-17(9-7-16)23-29(26,27)14-20(25)22-18-4-2-3-5-19(18)28-13-12-24-11-10-21-15-24/h2-5,10-11,15-17,23H,6-9,12-14H2,1H3,(H,22,25). The van der Waals surface area contributed by atoms with Crippen LogP contribution >= 0.6 is 0 Å². The minimum atomic E-state index is -3.69. The number of carbonyl (C=O) groups is 1. The van der Waals surface area contributed by atoms with Crippen LogP contribution in [0, 0.1) is 5.92 Å². The molecule has 1 aromatic carbocycles. The number of rotatable bonds is 9. The molecule has 2 N–H and O–H groups in total. The Morgan fingerprint density at radius 1 is 1.24 bits per heavy atom. The Kier molecular flexibility index (Phi) is 7.27. The molecule has 8 nitrogen and oxygen atoms in total. The fourth-order valence-electron chi connectivity index (χ4n) is 3.41. The summed E-state index contributed by atoms with van der Waals surface area (Å²) in [5.74, 6) is -0.0770. The molecule has 0 saturated heterocycles. The van der Waals surface area contributed by atoms with E-state index in [4.69, 9.17) is 4.74 Å². The molecule has 1 aromatic heterocycles. The second kappa shape index (κ2) is 9.89. The van der Waals surface area contributed by atoms with Gasteiger partial charge in [0.1, 0.15) is 18.1 Å². The van der Waals surface area contributed by atoms with E-state index in [9.17, 15) is 13.2 Å². The van der Waals surface area contributed by atoms with Gasteiger partial charge in [-0.05, 0) is 43.7 Å². The van der Waals surface area contributed by atoms with Gasteiger partial charge in [-0.3, -0.25) is 4.79 Å². The van der Waals surface area contributed by atoms with Gasteiger partial charge in [-0.1, -0.05) is 19.1 Å². The number of ether oxygens (including phenoxy) is 1. The topological polar surface area (TPSA) is 102 Å². The highest BCUT2D eigenvalue weighted by Gasteiger charge is 2.25. The molecule has 1 aliphatic rings. The number of nitrogens with zero attached hydrogens (tertiary/aromatic N) is 2. The maximum atomic E-state index is 12.4. The van der Waals surface area contributed by atoms with Crippen molar-refractivity contribution in [1.29, 1.82) is 0 Å². The summed E-state index contributed by atoms with van der Waals surface area (Å²) in [5.41, 5.74) is 0.449. The SMILES string of the molecule is CC1CCC(NS(=O)(=O)CC(=O)Nc2ccccc2OCCn2ccnc2)CC1. The van der Waals surface area contributed by atoms with Gasteiger partial charge in [0, 0.05) is 18.4 Å². The van der Waals surface area contributed by atoms with Crippen LogP contribution in [0.15, 0.2) is 43.0 Å². The number of carbonyl (C=O) groups excluding carboxylic acids is 1. The molecule has 1 fully saturated rings. The minimum Gasteiger partial charge on any atom is -0.490 e. The number of imidazole rings is 1. The summed E-state index contributed by atoms with van der Waals surface area (Å²) < 4.78 is 35.0. The van der Waals surface area contributed by atoms with Crippen LogP contribution in [0.2, 0.25) is 0 Å². The normalized spacial score (nSPS) is 19.6. The first-order valence-corrected chi connectivity index (χ1v) is 11.5. The molecule has 1 amide bonds. The van der Waals surface area contributed by atoms with Crippen LogP contribution in [0.5, 0.6) is 5.75 Å². The van der Waals surface area contributed by atoms with Crippen LogP contribution in [-0.2, 0) is 21.4 Å². The highest BCUT2D eigenvalue weighted by Crippen LogP contribution is 2.25. The summed E-state index contributed by atoms with van der Waals surface area (Å²) in [4.78, 5) is 16.3. The van der Waals surface area contributed by atoms with Gasteiger partial charge in [0.15, 0.2) is 0 Å². The van der Waals surface area contributed by atoms with Crippen molar-refractivity contribution in [2.75, 3.05) is 17.7 Å². The lowest BCUT2D eigenvalue weighted by molar-refractivity contribution is -0.113. The summed E-state index contributed by atoms with van der Waals surface area (Å²) in [6.07, 6.45) is 8.86. The average molecular weight is 421 g/mol. The van der Waals surface area contributed by atoms with E-state index in [2.05, 4.69) is 21.9 Å². The van der Waals surface area contributed by atoms with Crippen molar-refractivity contribution < 1.29 is 17.9 Å². The van der Waals surface area contributed by atoms with Gasteiger partial charge in [0.2, 0.25) is 15.9 Å². The van der Waals surface area contributed by atoms with E-state index in [1.807, 2.05) is 10.8 Å². The fourth-order valence-corrected chi connectivity index (χ4v) is 4.65. The van der Waals surface area contributed by atoms with Gasteiger partial charge in [-0.25, -0.2) is 18.1 Å². The zero-order chi connectivity index (χ0) is 20.7. The zero-order valence-corrected chi connectivity index (χ0v) is 17.4. The van der Waals surface area contributed by atoms with Gasteiger partial charge in [-0.15, -0.1) is 0 Å². The molecule has 1 saturated carbocycles. The van der Waals surface area contributed by atoms with Crippen molar-refractivity contribution in [3.05, 3.63) is 43.0 Å². The van der Waals surface area contributed by atoms with Gasteiger partial charge >= 0.3 is 0 Å². The Hall–Kier alpha value is -2.39. The number of aromatic nitrogens is 2. The van der Waals surface area contributed by atoms with Crippen LogP contribution in [0.3, 0.4) is 0 Å². The molecule has 29 heavy (non-hydrogen) atoms. The van der Waals surface area contributed by atoms with Crippen LogP contribution < -0.4 is 14.8 Å². The lowest BCUT2D eigenvalue weighted by Gasteiger charge is -2.26. The van der Waals surface area contributed by atoms with E-state index in [0.29, 0.717) is 30.5 Å². The monoisotopic (exact) mass is 420 g/mol. The molecule has 2 aromatic rings. The average Bonchev–Trinajstić information content (AvgIpc) is 3.18. The first-order chi connectivity index (χ1) is 13.9. The summed E-state index contributed by atoms with van der Waals surface area (Å²) in [6.45, 7) is 3.18. The number of hydrogen-bond donors (Lipinski definition) is 2. The number of anilines is 1. The van der Waals surface area contributed by atoms with Gasteiger partial charge in [0.25, 0.3) is 0 Å². The van der Waals surface area contributed by atoms with E-state index in [1.165, 1.54) is 0 Å². The predicted octanol–water partition coefficient (Wildman–Crippen LogP) is 2.40. The van der Waals surface area contributed by atoms with Crippen LogP contribution in [0.25, 0.3) is 0 Å². The van der Waals surface area contributed by atoms with Crippen molar-refractivity contribution in [3.8, 4) is 5.75 Å². The largest absolute Gasteiger partial charge is 0.490 e. The molecule has 0 spiro atoms. The predicted molar refractivity (Wildman–Crippen MR) is 111 cm³/mol. The van der Waals surface area contributed by atoms with E-state index >= 15 is 0 Å². The second-order valence-electron chi connectivity index (χ2n) is 7.53. The van der Waals surface area contributed by atoms with Gasteiger partial charge in [-0.2, -0.15) is 0 Å². The molecule has 9 heteroatoms. The molecule has 0 atom stereocenters. The molecule has 1 heterocycles. The lowest BCUT2D eigenvalue weighted by atomic mass is 9.88. The molecule has 0 unspecified atom stereocenters. The zero-order valence-electron chi connectivity index (χ0n) is 16.6. The van der Waals surface area contributed by atoms with Gasteiger partial charge in [0.05, 0.1) is 18.6 Å². The first kappa shape index (κ1) is 21.3. The summed E-state index contributed by atoms with van der Waals surface area (Å²) in [5, 5.41) is 2.65. The number of para-hydroxylation sites is 2. The van der Waals surface area contributed by atoms with E-state index in [-0.39, 0.29) is 6.04 Å². The van der Waals surface area contributed by atoms with E-state index in [0.717, 1.165) is 25.7 Å². The summed E-state index contributed by atoms with van der Waals surface area (Å²) >= 11 is 0. The Morgan fingerprint density at radius 2 is 2.00 bits per heavy atom. The third kappa shape index (κ3) is 6.86. The lowest BCUT2D eigenvalue weighted by Crippen LogP contribution is -2.41. The van der Waals surface area contributed by atoms with Gasteiger partial charge < -0.3 is 14.6 Å². The molecule has 1 aliphatic carbocycles. The highest BCUT2D eigenvalue weighted by atomic mass is 32.2. The highest BCUT2D eigenvalue weighted by molar-refractivity contribution is 7.90. The first-order valence-electron chi connectivity index (χ1n) is 9.89. The second-order valence-corrected chi connectivity index (χ2v) is 9.28. The number of nitrogens with one attached hydrogen (secondary N) is 2. The van der Waals surface area contributed by atoms with Crippen molar-refractivity contribution >= 4 is 21.6 Å².